The van der Waals surface area contributed by atoms with E-state index in [0.717, 1.165) is 50.4 Å². The van der Waals surface area contributed by atoms with Gasteiger partial charge < -0.3 is 9.30 Å². The summed E-state index contributed by atoms with van der Waals surface area (Å²) in [6, 6.07) is 12.8. The zero-order valence-electron chi connectivity index (χ0n) is 14.2. The van der Waals surface area contributed by atoms with Crippen molar-refractivity contribution in [1.29, 1.82) is 5.26 Å². The summed E-state index contributed by atoms with van der Waals surface area (Å²) in [5.41, 5.74) is 0.803. The quantitative estimate of drug-likeness (QED) is 0.819. The third kappa shape index (κ3) is 3.50. The Balaban J connectivity index is 1.63. The molecule has 0 amide bonds. The Labute approximate surface area is 143 Å². The molecule has 0 aliphatic carbocycles. The molecule has 0 bridgehead atoms. The Bertz CT molecular complexity index is 681. The molecule has 1 fully saturated rings. The lowest BCUT2D eigenvalue weighted by Crippen LogP contribution is -2.41. The summed E-state index contributed by atoms with van der Waals surface area (Å²) in [4.78, 5) is 6.87. The second-order valence-corrected chi connectivity index (χ2v) is 6.37. The largest absolute Gasteiger partial charge is 0.383 e. The van der Waals surface area contributed by atoms with Gasteiger partial charge in [-0.05, 0) is 18.4 Å². The number of methoxy groups -OCH3 is 1. The minimum Gasteiger partial charge on any atom is -0.383 e. The summed E-state index contributed by atoms with van der Waals surface area (Å²) >= 11 is 0. The first kappa shape index (κ1) is 16.7. The maximum atomic E-state index is 9.78. The average molecular weight is 324 g/mol. The highest BCUT2D eigenvalue weighted by Gasteiger charge is 2.36. The van der Waals surface area contributed by atoms with Crippen molar-refractivity contribution in [2.75, 3.05) is 26.8 Å². The normalized spacial score (nSPS) is 17.5. The topological polar surface area (TPSA) is 54.1 Å². The van der Waals surface area contributed by atoms with E-state index in [-0.39, 0.29) is 5.41 Å². The van der Waals surface area contributed by atoms with Crippen molar-refractivity contribution >= 4 is 0 Å². The smallest absolute Gasteiger partial charge is 0.122 e. The van der Waals surface area contributed by atoms with Gasteiger partial charge in [0.1, 0.15) is 5.82 Å². The van der Waals surface area contributed by atoms with Gasteiger partial charge >= 0.3 is 0 Å². The lowest BCUT2D eigenvalue weighted by Gasteiger charge is -2.37. The molecule has 126 valence electrons. The van der Waals surface area contributed by atoms with Crippen LogP contribution in [0.2, 0.25) is 0 Å². The fourth-order valence-corrected chi connectivity index (χ4v) is 3.40. The van der Waals surface area contributed by atoms with Gasteiger partial charge in [-0.1, -0.05) is 30.3 Å². The van der Waals surface area contributed by atoms with Crippen LogP contribution in [0.15, 0.2) is 42.7 Å². The Morgan fingerprint density at radius 1 is 1.25 bits per heavy atom. The third-order valence-corrected chi connectivity index (χ3v) is 4.95. The van der Waals surface area contributed by atoms with Crippen LogP contribution in [-0.4, -0.2) is 41.3 Å². The molecule has 0 N–H and O–H groups in total. The molecule has 1 aliphatic heterocycles. The highest BCUT2D eigenvalue weighted by molar-refractivity contribution is 5.33. The summed E-state index contributed by atoms with van der Waals surface area (Å²) < 4.78 is 7.30. The molecule has 0 atom stereocenters. The summed E-state index contributed by atoms with van der Waals surface area (Å²) in [6.07, 6.45) is 5.58. The maximum Gasteiger partial charge on any atom is 0.122 e. The molecular formula is C19H24N4O. The Kier molecular flexibility index (Phi) is 5.29. The second kappa shape index (κ2) is 7.61. The monoisotopic (exact) mass is 324 g/mol. The van der Waals surface area contributed by atoms with Gasteiger partial charge in [-0.3, -0.25) is 4.90 Å². The number of aromatic nitrogens is 2. The summed E-state index contributed by atoms with van der Waals surface area (Å²) in [5.74, 6) is 1.07. The average Bonchev–Trinajstić information content (AvgIpc) is 3.08. The summed E-state index contributed by atoms with van der Waals surface area (Å²) in [5, 5.41) is 9.78. The predicted molar refractivity (Wildman–Crippen MR) is 92.3 cm³/mol. The van der Waals surface area contributed by atoms with Gasteiger partial charge in [0.05, 0.1) is 24.6 Å². The molecule has 5 nitrogen and oxygen atoms in total. The molecule has 1 saturated heterocycles. The summed E-state index contributed by atoms with van der Waals surface area (Å²) in [6.45, 7) is 4.17. The molecular weight excluding hydrogens is 300 g/mol. The van der Waals surface area contributed by atoms with Crippen molar-refractivity contribution in [3.05, 3.63) is 54.1 Å². The zero-order valence-corrected chi connectivity index (χ0v) is 14.2. The van der Waals surface area contributed by atoms with E-state index in [1.165, 1.54) is 0 Å². The second-order valence-electron chi connectivity index (χ2n) is 6.37. The van der Waals surface area contributed by atoms with Gasteiger partial charge in [-0.2, -0.15) is 5.26 Å². The molecule has 0 radical (unpaired) electrons. The van der Waals surface area contributed by atoms with E-state index in [2.05, 4.69) is 32.7 Å². The molecule has 2 aromatic rings. The van der Waals surface area contributed by atoms with Crippen LogP contribution in [0.3, 0.4) is 0 Å². The van der Waals surface area contributed by atoms with Crippen molar-refractivity contribution in [3.8, 4) is 6.07 Å². The van der Waals surface area contributed by atoms with Crippen molar-refractivity contribution in [3.63, 3.8) is 0 Å². The van der Waals surface area contributed by atoms with Crippen LogP contribution in [0.25, 0.3) is 0 Å². The zero-order chi connectivity index (χ0) is 16.8. The molecule has 3 rings (SSSR count). The number of hydrogen-bond donors (Lipinski definition) is 0. The first-order valence-corrected chi connectivity index (χ1v) is 8.45. The Morgan fingerprint density at radius 3 is 2.67 bits per heavy atom. The number of imidazole rings is 1. The molecule has 24 heavy (non-hydrogen) atoms. The molecule has 0 unspecified atom stereocenters. The minimum absolute atomic E-state index is 0.344. The maximum absolute atomic E-state index is 9.78. The lowest BCUT2D eigenvalue weighted by atomic mass is 9.74. The van der Waals surface area contributed by atoms with Crippen molar-refractivity contribution < 1.29 is 4.74 Å². The van der Waals surface area contributed by atoms with Crippen LogP contribution in [0.1, 0.15) is 24.2 Å². The number of benzene rings is 1. The minimum atomic E-state index is -0.344. The van der Waals surface area contributed by atoms with Crippen molar-refractivity contribution in [2.24, 2.45) is 0 Å². The van der Waals surface area contributed by atoms with E-state index in [9.17, 15) is 5.26 Å². The Hall–Kier alpha value is -2.16. The van der Waals surface area contributed by atoms with Gasteiger partial charge in [-0.25, -0.2) is 4.98 Å². The number of ether oxygens (including phenoxy) is 1. The van der Waals surface area contributed by atoms with Crippen LogP contribution in [0.4, 0.5) is 0 Å². The molecule has 1 aliphatic rings. The van der Waals surface area contributed by atoms with Crippen LogP contribution in [-0.2, 0) is 23.2 Å². The third-order valence-electron chi connectivity index (χ3n) is 4.95. The molecule has 5 heteroatoms. The van der Waals surface area contributed by atoms with E-state index in [0.29, 0.717) is 6.61 Å². The number of likely N-dealkylation sites (tertiary alicyclic amines) is 1. The predicted octanol–water partition coefficient (Wildman–Crippen LogP) is 2.59. The number of nitriles is 1. The van der Waals surface area contributed by atoms with Crippen LogP contribution in [0, 0.1) is 11.3 Å². The number of rotatable bonds is 6. The summed E-state index contributed by atoms with van der Waals surface area (Å²) in [7, 11) is 1.71. The lowest BCUT2D eigenvalue weighted by molar-refractivity contribution is 0.166. The van der Waals surface area contributed by atoms with Gasteiger partial charge in [0.25, 0.3) is 0 Å². The van der Waals surface area contributed by atoms with Crippen LogP contribution < -0.4 is 0 Å². The van der Waals surface area contributed by atoms with E-state index in [1.54, 1.807) is 7.11 Å². The highest BCUT2D eigenvalue weighted by atomic mass is 16.5. The van der Waals surface area contributed by atoms with E-state index < -0.39 is 0 Å². The SMILES string of the molecule is COCCn1ccnc1CN1CCC(C#N)(c2ccccc2)CC1. The molecule has 1 aromatic heterocycles. The van der Waals surface area contributed by atoms with Crippen molar-refractivity contribution in [1.82, 2.24) is 14.5 Å². The fraction of sp³-hybridized carbons (Fsp3) is 0.474. The number of nitrogens with zero attached hydrogens (tertiary/aromatic N) is 4. The van der Waals surface area contributed by atoms with Crippen molar-refractivity contribution in [2.45, 2.75) is 31.3 Å². The molecule has 0 saturated carbocycles. The molecule has 1 aromatic carbocycles. The number of piperidine rings is 1. The molecule has 2 heterocycles. The molecule has 0 spiro atoms. The first-order chi connectivity index (χ1) is 11.8. The fourth-order valence-electron chi connectivity index (χ4n) is 3.40. The standard InChI is InChI=1S/C19H24N4O/c1-24-14-13-23-12-9-21-18(23)15-22-10-7-19(16-20,8-11-22)17-5-3-2-4-6-17/h2-6,9,12H,7-8,10-11,13-15H2,1H3. The Morgan fingerprint density at radius 2 is 2.00 bits per heavy atom. The highest BCUT2D eigenvalue weighted by Crippen LogP contribution is 2.35. The van der Waals surface area contributed by atoms with Gasteiger partial charge in [0.15, 0.2) is 0 Å². The number of hydrogen-bond acceptors (Lipinski definition) is 4. The van der Waals surface area contributed by atoms with Crippen LogP contribution in [0.5, 0.6) is 0 Å². The van der Waals surface area contributed by atoms with Gasteiger partial charge in [-0.15, -0.1) is 0 Å². The van der Waals surface area contributed by atoms with E-state index >= 15 is 0 Å². The first-order valence-electron chi connectivity index (χ1n) is 8.45. The van der Waals surface area contributed by atoms with Gasteiger partial charge in [0.2, 0.25) is 0 Å². The van der Waals surface area contributed by atoms with E-state index in [1.807, 2.05) is 30.6 Å². The van der Waals surface area contributed by atoms with E-state index in [4.69, 9.17) is 4.74 Å². The van der Waals surface area contributed by atoms with Crippen LogP contribution >= 0.6 is 0 Å². The van der Waals surface area contributed by atoms with Gasteiger partial charge in [0, 0.05) is 39.1 Å².